The van der Waals surface area contributed by atoms with Gasteiger partial charge >= 0.3 is 0 Å². The molecule has 1 aliphatic heterocycles. The number of aromatic nitrogens is 4. The van der Waals surface area contributed by atoms with Crippen molar-refractivity contribution in [2.75, 3.05) is 16.5 Å². The molecule has 5 heterocycles. The van der Waals surface area contributed by atoms with Crippen LogP contribution in [0.15, 0.2) is 152 Å². The Morgan fingerprint density at radius 1 is 0.569 bits per heavy atom. The molecule has 0 unspecified atom stereocenters. The first-order valence-electron chi connectivity index (χ1n) is 17.2. The number of anilines is 4. The van der Waals surface area contributed by atoms with Crippen LogP contribution in [-0.2, 0) is 5.41 Å². The zero-order valence-electron chi connectivity index (χ0n) is 28.7. The van der Waals surface area contributed by atoms with Gasteiger partial charge in [0.2, 0.25) is 0 Å². The quantitative estimate of drug-likeness (QED) is 0.176. The molecule has 0 amide bonds. The highest BCUT2D eigenvalue weighted by Crippen LogP contribution is 2.43. The fourth-order valence-electron chi connectivity index (χ4n) is 6.96. The van der Waals surface area contributed by atoms with Crippen LogP contribution in [0.5, 0.6) is 11.5 Å². The van der Waals surface area contributed by atoms with Crippen LogP contribution >= 0.6 is 0 Å². The lowest BCUT2D eigenvalue weighted by molar-refractivity contribution is 0.483. The van der Waals surface area contributed by atoms with Crippen LogP contribution in [0.2, 0.25) is 0 Å². The predicted octanol–water partition coefficient (Wildman–Crippen LogP) is 11.0. The van der Waals surface area contributed by atoms with Crippen LogP contribution < -0.4 is 14.5 Å². The topological polar surface area (TPSA) is 59.3 Å². The van der Waals surface area contributed by atoms with E-state index in [9.17, 15) is 0 Å². The maximum Gasteiger partial charge on any atom is 0.159 e. The van der Waals surface area contributed by atoms with Crippen molar-refractivity contribution in [1.29, 1.82) is 0 Å². The Bertz CT molecular complexity index is 2540. The highest BCUT2D eigenvalue weighted by atomic mass is 16.5. The van der Waals surface area contributed by atoms with E-state index in [1.165, 1.54) is 10.9 Å². The maximum absolute atomic E-state index is 6.60. The van der Waals surface area contributed by atoms with E-state index in [0.717, 1.165) is 67.9 Å². The van der Waals surface area contributed by atoms with Crippen LogP contribution in [0.4, 0.5) is 23.0 Å². The second kappa shape index (κ2) is 12.1. The van der Waals surface area contributed by atoms with Crippen LogP contribution in [0, 0.1) is 0 Å². The van der Waals surface area contributed by atoms with Crippen LogP contribution in [-0.4, -0.2) is 26.2 Å². The molecule has 4 aromatic heterocycles. The van der Waals surface area contributed by atoms with Gasteiger partial charge < -0.3 is 9.64 Å². The number of pyridine rings is 3. The molecule has 0 saturated heterocycles. The van der Waals surface area contributed by atoms with Gasteiger partial charge in [-0.05, 0) is 83.3 Å². The Balaban J connectivity index is 1.04. The van der Waals surface area contributed by atoms with Crippen molar-refractivity contribution in [3.8, 4) is 28.4 Å². The zero-order valence-corrected chi connectivity index (χ0v) is 28.7. The van der Waals surface area contributed by atoms with E-state index in [1.54, 1.807) is 0 Å². The van der Waals surface area contributed by atoms with E-state index in [1.807, 2.05) is 61.1 Å². The molecule has 0 radical (unpaired) electrons. The Kier molecular flexibility index (Phi) is 7.28. The molecule has 0 N–H and O–H groups in total. The van der Waals surface area contributed by atoms with Gasteiger partial charge in [-0.1, -0.05) is 75.4 Å². The van der Waals surface area contributed by atoms with E-state index < -0.39 is 0 Å². The highest BCUT2D eigenvalue weighted by Gasteiger charge is 2.30. The van der Waals surface area contributed by atoms with Gasteiger partial charge in [0.25, 0.3) is 0 Å². The molecule has 0 atom stereocenters. The van der Waals surface area contributed by atoms with Crippen molar-refractivity contribution in [1.82, 2.24) is 19.5 Å². The molecular weight excluding hydrogens is 629 g/mol. The molecule has 1 aliphatic rings. The molecule has 0 aliphatic carbocycles. The highest BCUT2D eigenvalue weighted by molar-refractivity contribution is 6.09. The first-order chi connectivity index (χ1) is 24.9. The Hall–Kier alpha value is -6.47. The van der Waals surface area contributed by atoms with E-state index in [4.69, 9.17) is 19.7 Å². The third-order valence-corrected chi connectivity index (χ3v) is 9.58. The summed E-state index contributed by atoms with van der Waals surface area (Å²) in [5.74, 6) is 4.10. The number of hydrogen-bond donors (Lipinski definition) is 0. The van der Waals surface area contributed by atoms with Gasteiger partial charge in [0.05, 0.1) is 16.7 Å². The number of nitrogens with zero attached hydrogens (tertiary/aromatic N) is 6. The number of rotatable bonds is 6. The van der Waals surface area contributed by atoms with Crippen LogP contribution in [0.1, 0.15) is 26.3 Å². The smallest absolute Gasteiger partial charge is 0.159 e. The Labute approximate surface area is 297 Å². The molecule has 7 nitrogen and oxygen atoms in total. The maximum atomic E-state index is 6.60. The van der Waals surface area contributed by atoms with Crippen molar-refractivity contribution in [2.45, 2.75) is 26.2 Å². The molecule has 0 spiro atoms. The third-order valence-electron chi connectivity index (χ3n) is 9.58. The van der Waals surface area contributed by atoms with E-state index in [0.29, 0.717) is 6.67 Å². The average molecular weight is 665 g/mol. The predicted molar refractivity (Wildman–Crippen MR) is 207 cm³/mol. The number of hydrogen-bond acceptors (Lipinski definition) is 6. The second-order valence-electron chi connectivity index (χ2n) is 13.9. The van der Waals surface area contributed by atoms with Gasteiger partial charge in [-0.3, -0.25) is 9.47 Å². The minimum atomic E-state index is 0.00218. The van der Waals surface area contributed by atoms with Gasteiger partial charge in [0.1, 0.15) is 29.8 Å². The summed E-state index contributed by atoms with van der Waals surface area (Å²) in [5, 5.41) is 2.33. The standard InChI is InChI=1S/C44H36N6O/c1-44(2,3)32-22-24-45-42(25-32)50-38-16-8-7-15-36(38)37-20-19-35(27-40(37)50)51-34-14-9-13-33(26-34)48-29-49(43-39(48)17-10-23-46-43)41-21-18-31(28-47-41)30-11-5-4-6-12-30/h4-28H,29H2,1-3H3. The van der Waals surface area contributed by atoms with Crippen LogP contribution in [0.25, 0.3) is 38.8 Å². The van der Waals surface area contributed by atoms with Gasteiger partial charge in [-0.15, -0.1) is 0 Å². The zero-order chi connectivity index (χ0) is 34.5. The van der Waals surface area contributed by atoms with Crippen molar-refractivity contribution in [3.05, 3.63) is 158 Å². The van der Waals surface area contributed by atoms with E-state index in [-0.39, 0.29) is 5.41 Å². The normalized spacial score (nSPS) is 12.8. The van der Waals surface area contributed by atoms with Gasteiger partial charge in [-0.25, -0.2) is 15.0 Å². The summed E-state index contributed by atoms with van der Waals surface area (Å²) in [6.45, 7) is 7.26. The molecular formula is C44H36N6O. The number of para-hydroxylation sites is 1. The number of benzene rings is 4. The van der Waals surface area contributed by atoms with E-state index in [2.05, 4.69) is 126 Å². The lowest BCUT2D eigenvalue weighted by atomic mass is 9.88. The third kappa shape index (κ3) is 5.53. The van der Waals surface area contributed by atoms with Gasteiger partial charge in [0, 0.05) is 52.7 Å². The molecule has 7 heteroatoms. The van der Waals surface area contributed by atoms with Crippen molar-refractivity contribution >= 4 is 44.8 Å². The summed E-state index contributed by atoms with van der Waals surface area (Å²) < 4.78 is 8.85. The number of fused-ring (bicyclic) bond motifs is 4. The molecule has 0 saturated carbocycles. The fourth-order valence-corrected chi connectivity index (χ4v) is 6.96. The minimum absolute atomic E-state index is 0.00218. The Morgan fingerprint density at radius 3 is 2.24 bits per heavy atom. The largest absolute Gasteiger partial charge is 0.457 e. The second-order valence-corrected chi connectivity index (χ2v) is 13.9. The SMILES string of the molecule is CC(C)(C)c1ccnc(-n2c3ccccc3c3ccc(Oc4cccc(N5CN(c6ccc(-c7ccccc7)cn6)c6ncccc65)c4)cc32)c1. The van der Waals surface area contributed by atoms with Crippen molar-refractivity contribution in [2.24, 2.45) is 0 Å². The van der Waals surface area contributed by atoms with Crippen molar-refractivity contribution < 1.29 is 4.74 Å². The first kappa shape index (κ1) is 30.6. The van der Waals surface area contributed by atoms with E-state index >= 15 is 0 Å². The summed E-state index contributed by atoms with van der Waals surface area (Å²) in [5.41, 5.74) is 7.63. The molecule has 0 bridgehead atoms. The summed E-state index contributed by atoms with van der Waals surface area (Å²) in [6.07, 6.45) is 5.67. The summed E-state index contributed by atoms with van der Waals surface area (Å²) in [4.78, 5) is 18.8. The molecule has 0 fully saturated rings. The van der Waals surface area contributed by atoms with Gasteiger partial charge in [-0.2, -0.15) is 0 Å². The lowest BCUT2D eigenvalue weighted by Crippen LogP contribution is -2.24. The van der Waals surface area contributed by atoms with Gasteiger partial charge in [0.15, 0.2) is 5.82 Å². The molecule has 4 aromatic carbocycles. The molecule has 8 aromatic rings. The minimum Gasteiger partial charge on any atom is -0.457 e. The lowest BCUT2D eigenvalue weighted by Gasteiger charge is -2.21. The fraction of sp³-hybridized carbons (Fsp3) is 0.114. The molecule has 248 valence electrons. The first-order valence-corrected chi connectivity index (χ1v) is 17.2. The summed E-state index contributed by atoms with van der Waals surface area (Å²) in [7, 11) is 0. The van der Waals surface area contributed by atoms with Crippen molar-refractivity contribution in [3.63, 3.8) is 0 Å². The average Bonchev–Trinajstić information content (AvgIpc) is 3.71. The molecule has 51 heavy (non-hydrogen) atoms. The summed E-state index contributed by atoms with van der Waals surface area (Å²) >= 11 is 0. The summed E-state index contributed by atoms with van der Waals surface area (Å²) in [6, 6.07) is 45.9. The Morgan fingerprint density at radius 2 is 1.39 bits per heavy atom. The van der Waals surface area contributed by atoms with Crippen LogP contribution in [0.3, 0.4) is 0 Å². The monoisotopic (exact) mass is 664 g/mol. The molecule has 9 rings (SSSR count). The number of ether oxygens (including phenoxy) is 1.